The molecule has 0 radical (unpaired) electrons. The van der Waals surface area contributed by atoms with Crippen LogP contribution in [0, 0.1) is 11.8 Å². The molecule has 0 aromatic rings. The predicted octanol–water partition coefficient (Wildman–Crippen LogP) is 2.88. The zero-order valence-electron chi connectivity index (χ0n) is 12.8. The van der Waals surface area contributed by atoms with Crippen molar-refractivity contribution in [2.45, 2.75) is 57.4 Å². The second-order valence-corrected chi connectivity index (χ2v) is 6.81. The van der Waals surface area contributed by atoms with Crippen LogP contribution < -0.4 is 0 Å². The molecule has 19 heavy (non-hydrogen) atoms. The summed E-state index contributed by atoms with van der Waals surface area (Å²) < 4.78 is 5.39. The Hall–Kier alpha value is -0.410. The van der Waals surface area contributed by atoms with Crippen molar-refractivity contribution in [1.29, 1.82) is 0 Å². The number of carbonyl (C=O) groups excluding carboxylic acids is 1. The molecule has 2 unspecified atom stereocenters. The molecule has 0 N–H and O–H groups in total. The number of hydrogen-bond acceptors (Lipinski definition) is 3. The molecule has 1 heterocycles. The van der Waals surface area contributed by atoms with E-state index in [4.69, 9.17) is 4.74 Å². The van der Waals surface area contributed by atoms with Gasteiger partial charge in [0.15, 0.2) is 5.78 Å². The van der Waals surface area contributed by atoms with Crippen LogP contribution in [0.2, 0.25) is 0 Å². The van der Waals surface area contributed by atoms with Gasteiger partial charge in [0, 0.05) is 19.6 Å². The second-order valence-electron chi connectivity index (χ2n) is 6.81. The van der Waals surface area contributed by atoms with E-state index < -0.39 is 0 Å². The van der Waals surface area contributed by atoms with Gasteiger partial charge in [-0.25, -0.2) is 0 Å². The van der Waals surface area contributed by atoms with Crippen LogP contribution in [0.15, 0.2) is 0 Å². The first-order valence-electron chi connectivity index (χ1n) is 7.83. The Morgan fingerprint density at radius 1 is 1.26 bits per heavy atom. The fourth-order valence-corrected chi connectivity index (χ4v) is 3.84. The van der Waals surface area contributed by atoms with Crippen molar-refractivity contribution in [3.8, 4) is 0 Å². The Bertz CT molecular complexity index is 310. The van der Waals surface area contributed by atoms with Crippen LogP contribution in [0.5, 0.6) is 0 Å². The Balaban J connectivity index is 2.03. The van der Waals surface area contributed by atoms with Crippen LogP contribution in [-0.2, 0) is 9.53 Å². The number of likely N-dealkylation sites (N-methyl/N-ethyl adjacent to an activating group) is 1. The molecule has 0 aromatic carbocycles. The van der Waals surface area contributed by atoms with Gasteiger partial charge in [-0.05, 0) is 51.6 Å². The van der Waals surface area contributed by atoms with Crippen molar-refractivity contribution in [2.24, 2.45) is 11.8 Å². The average Bonchev–Trinajstić information content (AvgIpc) is 2.39. The summed E-state index contributed by atoms with van der Waals surface area (Å²) in [4.78, 5) is 15.1. The average molecular weight is 267 g/mol. The minimum Gasteiger partial charge on any atom is -0.381 e. The molecular formula is C16H29NO2. The number of rotatable bonds is 4. The van der Waals surface area contributed by atoms with Crippen LogP contribution >= 0.6 is 0 Å². The lowest BCUT2D eigenvalue weighted by atomic mass is 9.71. The molecule has 110 valence electrons. The first kappa shape index (κ1) is 15.0. The van der Waals surface area contributed by atoms with Crippen molar-refractivity contribution in [1.82, 2.24) is 4.90 Å². The van der Waals surface area contributed by atoms with Gasteiger partial charge >= 0.3 is 0 Å². The fourth-order valence-electron chi connectivity index (χ4n) is 3.84. The quantitative estimate of drug-likeness (QED) is 0.784. The van der Waals surface area contributed by atoms with Crippen molar-refractivity contribution < 1.29 is 9.53 Å². The largest absolute Gasteiger partial charge is 0.381 e. The normalized spacial score (nSPS) is 33.6. The van der Waals surface area contributed by atoms with Crippen molar-refractivity contribution >= 4 is 5.78 Å². The highest BCUT2D eigenvalue weighted by atomic mass is 16.5. The lowest BCUT2D eigenvalue weighted by molar-refractivity contribution is -0.134. The number of ketones is 1. The molecule has 0 spiro atoms. The highest BCUT2D eigenvalue weighted by Crippen LogP contribution is 2.38. The second kappa shape index (κ2) is 6.36. The van der Waals surface area contributed by atoms with Gasteiger partial charge in [0.25, 0.3) is 0 Å². The summed E-state index contributed by atoms with van der Waals surface area (Å²) in [5.41, 5.74) is -0.185. The van der Waals surface area contributed by atoms with Gasteiger partial charge in [0.1, 0.15) is 0 Å². The molecule has 3 heteroatoms. The molecule has 1 saturated carbocycles. The van der Waals surface area contributed by atoms with E-state index in [0.717, 1.165) is 45.3 Å². The van der Waals surface area contributed by atoms with E-state index >= 15 is 0 Å². The maximum absolute atomic E-state index is 12.9. The summed E-state index contributed by atoms with van der Waals surface area (Å²) in [6, 6.07) is 0. The molecule has 3 nitrogen and oxygen atoms in total. The zero-order valence-corrected chi connectivity index (χ0v) is 12.8. The standard InChI is InChI=1S/C16H29NO2/c1-13-5-4-8-16(12-13,17(2)3)15(18)11-14-6-9-19-10-7-14/h13-14H,4-12H2,1-3H3. The third-order valence-corrected chi connectivity index (χ3v) is 5.16. The smallest absolute Gasteiger partial charge is 0.153 e. The highest BCUT2D eigenvalue weighted by molar-refractivity contribution is 5.88. The third-order valence-electron chi connectivity index (χ3n) is 5.16. The molecule has 0 aromatic heterocycles. The Labute approximate surface area is 117 Å². The Morgan fingerprint density at radius 3 is 2.53 bits per heavy atom. The van der Waals surface area contributed by atoms with Gasteiger partial charge in [-0.3, -0.25) is 9.69 Å². The van der Waals surface area contributed by atoms with E-state index in [-0.39, 0.29) is 5.54 Å². The van der Waals surface area contributed by atoms with E-state index in [2.05, 4.69) is 25.9 Å². The van der Waals surface area contributed by atoms with E-state index in [1.54, 1.807) is 0 Å². The number of carbonyl (C=O) groups is 1. The molecule has 0 amide bonds. The van der Waals surface area contributed by atoms with Gasteiger partial charge < -0.3 is 4.74 Å². The Kier molecular flexibility index (Phi) is 5.02. The first-order valence-corrected chi connectivity index (χ1v) is 7.83. The third kappa shape index (κ3) is 3.38. The summed E-state index contributed by atoms with van der Waals surface area (Å²) in [5, 5.41) is 0. The van der Waals surface area contributed by atoms with Gasteiger partial charge in [-0.1, -0.05) is 19.8 Å². The maximum Gasteiger partial charge on any atom is 0.153 e. The van der Waals surface area contributed by atoms with Gasteiger partial charge in [0.2, 0.25) is 0 Å². The monoisotopic (exact) mass is 267 g/mol. The number of Topliss-reactive ketones (excluding diaryl/α,β-unsaturated/α-hetero) is 1. The van der Waals surface area contributed by atoms with E-state index in [1.165, 1.54) is 12.8 Å². The van der Waals surface area contributed by atoms with E-state index in [9.17, 15) is 4.79 Å². The van der Waals surface area contributed by atoms with Crippen LogP contribution in [0.25, 0.3) is 0 Å². The van der Waals surface area contributed by atoms with Crippen molar-refractivity contribution in [2.75, 3.05) is 27.3 Å². The van der Waals surface area contributed by atoms with Crippen molar-refractivity contribution in [3.63, 3.8) is 0 Å². The molecule has 2 fully saturated rings. The molecule has 1 aliphatic carbocycles. The summed E-state index contributed by atoms with van der Waals surface area (Å²) >= 11 is 0. The van der Waals surface area contributed by atoms with Crippen molar-refractivity contribution in [3.05, 3.63) is 0 Å². The summed E-state index contributed by atoms with van der Waals surface area (Å²) in [6.45, 7) is 3.96. The van der Waals surface area contributed by atoms with Crippen LogP contribution in [0.3, 0.4) is 0 Å². The van der Waals surface area contributed by atoms with Crippen LogP contribution in [-0.4, -0.2) is 43.5 Å². The number of ether oxygens (including phenoxy) is 1. The zero-order chi connectivity index (χ0) is 13.9. The van der Waals surface area contributed by atoms with Gasteiger partial charge in [-0.2, -0.15) is 0 Å². The molecular weight excluding hydrogens is 238 g/mol. The van der Waals surface area contributed by atoms with Gasteiger partial charge in [0.05, 0.1) is 5.54 Å². The minimum atomic E-state index is -0.185. The molecule has 0 bridgehead atoms. The molecule has 2 rings (SSSR count). The first-order chi connectivity index (χ1) is 9.04. The summed E-state index contributed by atoms with van der Waals surface area (Å²) in [5.74, 6) is 1.71. The van der Waals surface area contributed by atoms with E-state index in [0.29, 0.717) is 17.6 Å². The highest BCUT2D eigenvalue weighted by Gasteiger charge is 2.43. The maximum atomic E-state index is 12.9. The van der Waals surface area contributed by atoms with E-state index in [1.807, 2.05) is 0 Å². The van der Waals surface area contributed by atoms with Crippen LogP contribution in [0.4, 0.5) is 0 Å². The van der Waals surface area contributed by atoms with Gasteiger partial charge in [-0.15, -0.1) is 0 Å². The number of hydrogen-bond donors (Lipinski definition) is 0. The molecule has 1 aliphatic heterocycles. The topological polar surface area (TPSA) is 29.5 Å². The Morgan fingerprint density at radius 2 is 1.95 bits per heavy atom. The molecule has 2 aliphatic rings. The lowest BCUT2D eigenvalue weighted by Crippen LogP contribution is -2.54. The lowest BCUT2D eigenvalue weighted by Gasteiger charge is -2.44. The minimum absolute atomic E-state index is 0.185. The number of nitrogens with zero attached hydrogens (tertiary/aromatic N) is 1. The predicted molar refractivity (Wildman–Crippen MR) is 77.2 cm³/mol. The molecule has 2 atom stereocenters. The molecule has 1 saturated heterocycles. The summed E-state index contributed by atoms with van der Waals surface area (Å²) in [7, 11) is 4.17. The SMILES string of the molecule is CC1CCCC(C(=O)CC2CCOCC2)(N(C)C)C1. The van der Waals surface area contributed by atoms with Crippen LogP contribution in [0.1, 0.15) is 51.9 Å². The fraction of sp³-hybridized carbons (Fsp3) is 0.938. The summed E-state index contributed by atoms with van der Waals surface area (Å²) in [6.07, 6.45) is 7.44.